The van der Waals surface area contributed by atoms with E-state index < -0.39 is 7.68 Å². The minimum absolute atomic E-state index is 0.0221. The van der Waals surface area contributed by atoms with Crippen LogP contribution >= 0.6 is 7.68 Å². The summed E-state index contributed by atoms with van der Waals surface area (Å²) < 4.78 is 25.9. The van der Waals surface area contributed by atoms with Gasteiger partial charge in [0.25, 0.3) is 0 Å². The first-order valence-electron chi connectivity index (χ1n) is 3.45. The van der Waals surface area contributed by atoms with Gasteiger partial charge in [0.05, 0.1) is 11.8 Å². The Morgan fingerprint density at radius 2 is 2.20 bits per heavy atom. The molecule has 0 N–H and O–H groups in total. The van der Waals surface area contributed by atoms with Crippen LogP contribution in [-0.2, 0) is 13.9 Å². The molecule has 1 saturated heterocycles. The van der Waals surface area contributed by atoms with E-state index in [0.717, 1.165) is 6.42 Å². The lowest BCUT2D eigenvalue weighted by Gasteiger charge is -1.91. The van der Waals surface area contributed by atoms with Gasteiger partial charge in [-0.2, -0.15) is 0 Å². The number of epoxide rings is 1. The van der Waals surface area contributed by atoms with Crippen LogP contribution in [0.25, 0.3) is 0 Å². The van der Waals surface area contributed by atoms with Gasteiger partial charge in [-0.05, 0) is 13.3 Å². The van der Waals surface area contributed by atoms with Crippen LogP contribution in [0.1, 0.15) is 20.3 Å². The Morgan fingerprint density at radius 1 is 1.60 bits per heavy atom. The summed E-state index contributed by atoms with van der Waals surface area (Å²) in [6, 6.07) is 0. The van der Waals surface area contributed by atoms with Crippen molar-refractivity contribution in [3.63, 3.8) is 0 Å². The van der Waals surface area contributed by atoms with Crippen molar-refractivity contribution in [3.8, 4) is 0 Å². The van der Waals surface area contributed by atoms with E-state index in [4.69, 9.17) is 4.74 Å². The SMILES string of the molecule is CCC1OC1C(C)P(=O)=O. The molecule has 3 atom stereocenters. The Balaban J connectivity index is 2.39. The summed E-state index contributed by atoms with van der Waals surface area (Å²) >= 11 is 0. The highest BCUT2D eigenvalue weighted by atomic mass is 31.1. The van der Waals surface area contributed by atoms with Crippen LogP contribution in [0.15, 0.2) is 0 Å². The van der Waals surface area contributed by atoms with Crippen molar-refractivity contribution in [2.75, 3.05) is 0 Å². The maximum Gasteiger partial charge on any atom is 0.321 e. The molecule has 0 aromatic rings. The van der Waals surface area contributed by atoms with Gasteiger partial charge in [0.15, 0.2) is 0 Å². The Kier molecular flexibility index (Phi) is 2.27. The topological polar surface area (TPSA) is 46.7 Å². The second kappa shape index (κ2) is 2.85. The smallest absolute Gasteiger partial charge is 0.321 e. The van der Waals surface area contributed by atoms with E-state index in [9.17, 15) is 9.13 Å². The summed E-state index contributed by atoms with van der Waals surface area (Å²) in [6.45, 7) is 3.68. The first kappa shape index (κ1) is 7.96. The molecule has 3 unspecified atom stereocenters. The molecule has 0 aromatic carbocycles. The van der Waals surface area contributed by atoms with E-state index in [1.807, 2.05) is 6.92 Å². The Hall–Kier alpha value is -0.140. The lowest BCUT2D eigenvalue weighted by Crippen LogP contribution is -2.05. The maximum atomic E-state index is 10.4. The van der Waals surface area contributed by atoms with E-state index in [-0.39, 0.29) is 17.9 Å². The highest BCUT2D eigenvalue weighted by molar-refractivity contribution is 7.31. The summed E-state index contributed by atoms with van der Waals surface area (Å²) in [4.78, 5) is 0. The molecule has 1 aliphatic rings. The summed E-state index contributed by atoms with van der Waals surface area (Å²) in [5.41, 5.74) is -0.306. The van der Waals surface area contributed by atoms with E-state index in [2.05, 4.69) is 0 Å². The molecule has 1 fully saturated rings. The fourth-order valence-corrected chi connectivity index (χ4v) is 1.53. The molecule has 1 heterocycles. The molecule has 0 amide bonds. The van der Waals surface area contributed by atoms with Crippen LogP contribution in [0.5, 0.6) is 0 Å². The summed E-state index contributed by atoms with van der Waals surface area (Å²) in [7, 11) is -2.30. The predicted octanol–water partition coefficient (Wildman–Crippen LogP) is 1.73. The normalized spacial score (nSPS) is 33.4. The third-order valence-corrected chi connectivity index (χ3v) is 2.79. The lowest BCUT2D eigenvalue weighted by molar-refractivity contribution is 0.361. The van der Waals surface area contributed by atoms with E-state index >= 15 is 0 Å². The van der Waals surface area contributed by atoms with Gasteiger partial charge < -0.3 is 4.74 Å². The van der Waals surface area contributed by atoms with Crippen molar-refractivity contribution < 1.29 is 13.9 Å². The first-order chi connectivity index (χ1) is 4.66. The minimum atomic E-state index is -2.30. The molecule has 0 aliphatic carbocycles. The largest absolute Gasteiger partial charge is 0.368 e. The third-order valence-electron chi connectivity index (χ3n) is 1.83. The molecule has 0 saturated carbocycles. The average molecular weight is 162 g/mol. The van der Waals surface area contributed by atoms with Crippen molar-refractivity contribution in [2.45, 2.75) is 38.1 Å². The number of hydrogen-bond acceptors (Lipinski definition) is 3. The maximum absolute atomic E-state index is 10.4. The zero-order valence-electron chi connectivity index (χ0n) is 6.11. The number of ether oxygens (including phenoxy) is 1. The molecule has 1 rings (SSSR count). The first-order valence-corrected chi connectivity index (χ1v) is 4.70. The van der Waals surface area contributed by atoms with Gasteiger partial charge in [0.2, 0.25) is 0 Å². The molecule has 4 heteroatoms. The standard InChI is InChI=1S/C6H11O3P/c1-3-5-6(9-5)4(2)10(7)8/h4-6H,3H2,1-2H3. The van der Waals surface area contributed by atoms with Crippen LogP contribution in [0, 0.1) is 0 Å². The molecule has 10 heavy (non-hydrogen) atoms. The zero-order chi connectivity index (χ0) is 7.72. The summed E-state index contributed by atoms with van der Waals surface area (Å²) in [6.07, 6.45) is 1.09. The lowest BCUT2D eigenvalue weighted by atomic mass is 10.2. The highest BCUT2D eigenvalue weighted by Crippen LogP contribution is 2.35. The zero-order valence-corrected chi connectivity index (χ0v) is 7.01. The molecular weight excluding hydrogens is 151 g/mol. The monoisotopic (exact) mass is 162 g/mol. The van der Waals surface area contributed by atoms with Crippen molar-refractivity contribution in [1.82, 2.24) is 0 Å². The Bertz CT molecular complexity index is 179. The molecular formula is C6H11O3P. The van der Waals surface area contributed by atoms with Gasteiger partial charge >= 0.3 is 7.68 Å². The second-order valence-electron chi connectivity index (χ2n) is 2.57. The van der Waals surface area contributed by atoms with E-state index in [0.29, 0.717) is 0 Å². The quantitative estimate of drug-likeness (QED) is 0.469. The minimum Gasteiger partial charge on any atom is -0.368 e. The molecule has 3 nitrogen and oxygen atoms in total. The van der Waals surface area contributed by atoms with Gasteiger partial charge in [0, 0.05) is 0 Å². The molecule has 0 aromatic heterocycles. The van der Waals surface area contributed by atoms with Crippen molar-refractivity contribution in [1.29, 1.82) is 0 Å². The van der Waals surface area contributed by atoms with E-state index in [1.54, 1.807) is 6.92 Å². The summed E-state index contributed by atoms with van der Waals surface area (Å²) in [5.74, 6) is 0. The highest BCUT2D eigenvalue weighted by Gasteiger charge is 2.43. The summed E-state index contributed by atoms with van der Waals surface area (Å²) in [5, 5.41) is 0. The predicted molar refractivity (Wildman–Crippen MR) is 36.7 cm³/mol. The average Bonchev–Trinajstić information content (AvgIpc) is 2.64. The Morgan fingerprint density at radius 3 is 2.50 bits per heavy atom. The fourth-order valence-electron chi connectivity index (χ4n) is 1.03. The van der Waals surface area contributed by atoms with Crippen LogP contribution in [0.3, 0.4) is 0 Å². The van der Waals surface area contributed by atoms with Crippen LogP contribution in [0.4, 0.5) is 0 Å². The third kappa shape index (κ3) is 1.47. The number of rotatable bonds is 3. The molecule has 1 aliphatic heterocycles. The second-order valence-corrected chi connectivity index (χ2v) is 3.96. The van der Waals surface area contributed by atoms with Crippen molar-refractivity contribution in [2.24, 2.45) is 0 Å². The van der Waals surface area contributed by atoms with Gasteiger partial charge in [0.1, 0.15) is 6.10 Å². The fraction of sp³-hybridized carbons (Fsp3) is 1.00. The van der Waals surface area contributed by atoms with E-state index in [1.165, 1.54) is 0 Å². The van der Waals surface area contributed by atoms with Gasteiger partial charge in [-0.15, -0.1) is 0 Å². The van der Waals surface area contributed by atoms with Crippen molar-refractivity contribution >= 4 is 7.68 Å². The molecule has 0 spiro atoms. The van der Waals surface area contributed by atoms with Crippen LogP contribution in [-0.4, -0.2) is 17.9 Å². The van der Waals surface area contributed by atoms with Gasteiger partial charge in [-0.3, -0.25) is 0 Å². The number of hydrogen-bond donors (Lipinski definition) is 0. The molecule has 0 radical (unpaired) electrons. The van der Waals surface area contributed by atoms with Gasteiger partial charge in [-0.25, -0.2) is 9.13 Å². The van der Waals surface area contributed by atoms with Gasteiger partial charge in [-0.1, -0.05) is 6.92 Å². The molecule has 0 bridgehead atoms. The molecule has 58 valence electrons. The van der Waals surface area contributed by atoms with Crippen molar-refractivity contribution in [3.05, 3.63) is 0 Å². The van der Waals surface area contributed by atoms with Crippen LogP contribution < -0.4 is 0 Å². The van der Waals surface area contributed by atoms with Crippen LogP contribution in [0.2, 0.25) is 0 Å². The Labute approximate surface area is 60.6 Å².